The molecule has 25 nitrogen and oxygen atoms in total. The van der Waals surface area contributed by atoms with Crippen LogP contribution in [0.1, 0.15) is 125 Å². The zero-order valence-electron chi connectivity index (χ0n) is 58.7. The molecule has 532 valence electrons. The van der Waals surface area contributed by atoms with Crippen molar-refractivity contribution < 1.29 is 81.0 Å². The summed E-state index contributed by atoms with van der Waals surface area (Å²) in [5, 5.41) is 8.58. The Kier molecular flexibility index (Phi) is 27.0. The number of nitrogens with zero attached hydrogens (tertiary/aromatic N) is 5. The zero-order valence-corrected chi connectivity index (χ0v) is 58.7. The summed E-state index contributed by atoms with van der Waals surface area (Å²) in [7, 11) is 6.62. The zero-order chi connectivity index (χ0) is 71.4. The van der Waals surface area contributed by atoms with Gasteiger partial charge in [0, 0.05) is 120 Å². The molecule has 1 saturated heterocycles. The van der Waals surface area contributed by atoms with Crippen molar-refractivity contribution in [3.63, 3.8) is 0 Å². The lowest BCUT2D eigenvalue weighted by Gasteiger charge is -2.29. The van der Waals surface area contributed by atoms with E-state index in [1.54, 1.807) is 69.2 Å². The molecule has 0 saturated carbocycles. The molecule has 0 bridgehead atoms. The maximum atomic E-state index is 14.0. The fourth-order valence-electron chi connectivity index (χ4n) is 11.8. The molecule has 99 heavy (non-hydrogen) atoms. The van der Waals surface area contributed by atoms with E-state index in [-0.39, 0.29) is 104 Å². The Morgan fingerprint density at radius 1 is 0.616 bits per heavy atom. The number of ether oxygens (including phenoxy) is 9. The van der Waals surface area contributed by atoms with E-state index < -0.39 is 17.1 Å². The van der Waals surface area contributed by atoms with Gasteiger partial charge in [-0.05, 0) is 85.4 Å². The minimum Gasteiger partial charge on any atom is -0.497 e. The number of aliphatic imine (C=N–C) groups is 2. The summed E-state index contributed by atoms with van der Waals surface area (Å²) in [6.45, 7) is 16.3. The number of fused-ring (bicyclic) bond motifs is 4. The molecular formula is C74H94N8O17. The average molecular weight is 1370 g/mol. The second-order valence-corrected chi connectivity index (χ2v) is 25.6. The highest BCUT2D eigenvalue weighted by Gasteiger charge is 2.44. The highest BCUT2D eigenvalue weighted by atomic mass is 16.6. The summed E-state index contributed by atoms with van der Waals surface area (Å²) in [5.74, 6) is 0.316. The highest BCUT2D eigenvalue weighted by Crippen LogP contribution is 2.46. The van der Waals surface area contributed by atoms with Gasteiger partial charge in [0.05, 0.1) is 127 Å². The van der Waals surface area contributed by atoms with Gasteiger partial charge >= 0.3 is 0 Å². The third kappa shape index (κ3) is 19.8. The van der Waals surface area contributed by atoms with Crippen LogP contribution < -0.4 is 39.6 Å². The number of hydrogen-bond acceptors (Lipinski definition) is 20. The lowest BCUT2D eigenvalue weighted by atomic mass is 9.91. The first kappa shape index (κ1) is 75.5. The number of ketones is 2. The van der Waals surface area contributed by atoms with Crippen molar-refractivity contribution in [2.24, 2.45) is 27.7 Å². The summed E-state index contributed by atoms with van der Waals surface area (Å²) in [5.41, 5.74) is 5.84. The quantitative estimate of drug-likeness (QED) is 0.0283. The van der Waals surface area contributed by atoms with Gasteiger partial charge in [-0.3, -0.25) is 53.2 Å². The van der Waals surface area contributed by atoms with E-state index >= 15 is 0 Å². The van der Waals surface area contributed by atoms with Gasteiger partial charge in [0.1, 0.15) is 11.5 Å². The lowest BCUT2D eigenvalue weighted by molar-refractivity contribution is -0.139. The van der Waals surface area contributed by atoms with Gasteiger partial charge in [-0.1, -0.05) is 52.0 Å². The number of benzene rings is 4. The Hall–Kier alpha value is -9.30. The van der Waals surface area contributed by atoms with Crippen LogP contribution in [0.25, 0.3) is 11.1 Å². The number of imide groups is 1. The van der Waals surface area contributed by atoms with Crippen molar-refractivity contribution in [2.45, 2.75) is 111 Å². The molecule has 5 aliphatic rings. The van der Waals surface area contributed by atoms with Gasteiger partial charge in [-0.15, -0.1) is 0 Å². The largest absolute Gasteiger partial charge is 0.497 e. The number of rotatable bonds is 36. The van der Waals surface area contributed by atoms with Crippen LogP contribution in [0.15, 0.2) is 95.2 Å². The maximum Gasteiger partial charge on any atom is 0.260 e. The topological polar surface area (TPSA) is 290 Å². The second-order valence-electron chi connectivity index (χ2n) is 25.6. The molecule has 4 aromatic carbocycles. The van der Waals surface area contributed by atoms with E-state index in [1.165, 1.54) is 6.92 Å². The monoisotopic (exact) mass is 1370 g/mol. The molecule has 5 heterocycles. The van der Waals surface area contributed by atoms with Gasteiger partial charge < -0.3 is 68.4 Å². The second kappa shape index (κ2) is 35.5. The van der Waals surface area contributed by atoms with Gasteiger partial charge in [0.2, 0.25) is 23.6 Å². The van der Waals surface area contributed by atoms with Crippen molar-refractivity contribution in [2.75, 3.05) is 113 Å². The Balaban J connectivity index is 0.000000266. The average Bonchev–Trinajstić information content (AvgIpc) is 1.60. The SMILES string of the molecule is CC(=O)[C@H](C)CC(=O)[C@@H](NC(=O)CCOCCOCCOCCOCCNC(=O)CCN1C(=O)CC(C)C1=O)C(C)C.CNc1ccc(C2=CN3C(=O)c4cc(OC)c(OCCCOc5cc6c(cc5OC)C(=O)N5C=C(c7ccc(OC)cc7)C[C@]5(C)C=N6)cc4N=C[C@@]3(C)C2)cc1. The third-order valence-corrected chi connectivity index (χ3v) is 17.7. The van der Waals surface area contributed by atoms with Gasteiger partial charge in [-0.25, -0.2) is 0 Å². The van der Waals surface area contributed by atoms with Crippen LogP contribution in [0.4, 0.5) is 17.1 Å². The van der Waals surface area contributed by atoms with Crippen LogP contribution >= 0.6 is 0 Å². The van der Waals surface area contributed by atoms with Crippen molar-refractivity contribution in [1.82, 2.24) is 25.3 Å². The predicted molar refractivity (Wildman–Crippen MR) is 373 cm³/mol. The number of Topliss-reactive ketones (excluding diaryl/α,β-unsaturated/α-hetero) is 2. The minimum atomic E-state index is -0.638. The molecule has 5 aliphatic heterocycles. The van der Waals surface area contributed by atoms with Gasteiger partial charge in [0.25, 0.3) is 11.8 Å². The van der Waals surface area contributed by atoms with Crippen LogP contribution in [0.5, 0.6) is 28.7 Å². The number of likely N-dealkylation sites (tertiary alicyclic amines) is 1. The fourth-order valence-corrected chi connectivity index (χ4v) is 11.8. The first-order chi connectivity index (χ1) is 47.5. The Labute approximate surface area is 578 Å². The Morgan fingerprint density at radius 3 is 1.57 bits per heavy atom. The normalized spacial score (nSPS) is 18.7. The number of carbonyl (C=O) groups excluding carboxylic acids is 8. The standard InChI is InChI=1S/C45H45N5O7.C29H49N3O10/c1-44-22-30(28-8-12-32(46-3)13-9-28)24-49(44)42(51)34-18-38(54-5)40(20-36(34)47-26-44)56-16-7-17-57-41-21-37-35(19-39(41)55-6)43(52)50-25-31(23-45(50,2)27-48-37)29-10-14-33(53-4)15-11-29;1-20(2)28(24(34)18-21(3)23(5)33)31-26(36)7-10-39-12-14-41-16-17-42-15-13-40-11-8-30-25(35)6-9-32-27(37)19-22(4)29(32)38/h8-15,18-21,24-27,46H,7,16-17,22-23H2,1-6H3;20-22,28H,6-19H2,1-5H3,(H,30,35)(H,31,36)/t44-,45-;21-,22?,28+/m11/s1. The maximum absolute atomic E-state index is 14.0. The number of amides is 6. The van der Waals surface area contributed by atoms with E-state index in [1.807, 2.05) is 96.0 Å². The number of anilines is 1. The van der Waals surface area contributed by atoms with Crippen LogP contribution in [0.2, 0.25) is 0 Å². The molecule has 5 atom stereocenters. The molecule has 9 rings (SSSR count). The summed E-state index contributed by atoms with van der Waals surface area (Å²) in [4.78, 5) is 114. The fraction of sp³-hybridized carbons (Fsp3) is 0.486. The summed E-state index contributed by atoms with van der Waals surface area (Å²) in [6, 6.07) is 22.2. The van der Waals surface area contributed by atoms with Crippen molar-refractivity contribution in [3.05, 3.63) is 107 Å². The van der Waals surface area contributed by atoms with Crippen LogP contribution in [-0.4, -0.2) is 199 Å². The lowest BCUT2D eigenvalue weighted by Crippen LogP contribution is -2.45. The van der Waals surface area contributed by atoms with E-state index in [9.17, 15) is 38.4 Å². The Morgan fingerprint density at radius 2 is 1.11 bits per heavy atom. The molecule has 0 radical (unpaired) electrons. The molecule has 4 aromatic rings. The number of methoxy groups -OCH3 is 3. The Bertz CT molecular complexity index is 3520. The molecule has 25 heteroatoms. The van der Waals surface area contributed by atoms with E-state index in [0.717, 1.165) is 38.6 Å². The van der Waals surface area contributed by atoms with Crippen molar-refractivity contribution in [3.8, 4) is 28.7 Å². The molecule has 1 fully saturated rings. The van der Waals surface area contributed by atoms with Crippen LogP contribution in [-0.2, 0) is 47.7 Å². The van der Waals surface area contributed by atoms with E-state index in [0.29, 0.717) is 131 Å². The van der Waals surface area contributed by atoms with E-state index in [4.69, 9.17) is 52.6 Å². The minimum absolute atomic E-state index is 0.0510. The van der Waals surface area contributed by atoms with Crippen LogP contribution in [0, 0.1) is 17.8 Å². The summed E-state index contributed by atoms with van der Waals surface area (Å²) in [6.07, 6.45) is 9.78. The molecular weight excluding hydrogens is 1270 g/mol. The molecule has 6 amide bonds. The van der Waals surface area contributed by atoms with E-state index in [2.05, 4.69) is 28.1 Å². The number of carbonyl (C=O) groups is 8. The number of hydrogen-bond donors (Lipinski definition) is 3. The smallest absolute Gasteiger partial charge is 0.260 e. The highest BCUT2D eigenvalue weighted by molar-refractivity contribution is 6.08. The third-order valence-electron chi connectivity index (χ3n) is 17.7. The molecule has 3 N–H and O–H groups in total. The van der Waals surface area contributed by atoms with Crippen molar-refractivity contribution in [1.29, 1.82) is 0 Å². The first-order valence-corrected chi connectivity index (χ1v) is 33.6. The van der Waals surface area contributed by atoms with Crippen LogP contribution in [0.3, 0.4) is 0 Å². The molecule has 0 spiro atoms. The molecule has 0 aromatic heterocycles. The molecule has 1 unspecified atom stereocenters. The van der Waals surface area contributed by atoms with Gasteiger partial charge in [-0.2, -0.15) is 0 Å². The van der Waals surface area contributed by atoms with Crippen molar-refractivity contribution >= 4 is 87.6 Å². The predicted octanol–water partition coefficient (Wildman–Crippen LogP) is 8.99. The van der Waals surface area contributed by atoms with Gasteiger partial charge in [0.15, 0.2) is 28.8 Å². The number of nitrogens with one attached hydrogen (secondary N) is 3. The first-order valence-electron chi connectivity index (χ1n) is 33.6. The molecule has 0 aliphatic carbocycles. The summed E-state index contributed by atoms with van der Waals surface area (Å²) >= 11 is 0. The summed E-state index contributed by atoms with van der Waals surface area (Å²) < 4.78 is 50.6.